The number of nitrogens with zero attached hydrogens (tertiary/aromatic N) is 1. The van der Waals surface area contributed by atoms with Crippen LogP contribution < -0.4 is 4.72 Å². The third-order valence-corrected chi connectivity index (χ3v) is 6.47. The maximum Gasteiger partial charge on any atom is 0.352 e. The molecule has 0 aliphatic rings. The van der Waals surface area contributed by atoms with Gasteiger partial charge in [0.2, 0.25) is 10.0 Å². The zero-order valence-electron chi connectivity index (χ0n) is 15.6. The predicted molar refractivity (Wildman–Crippen MR) is 111 cm³/mol. The largest absolute Gasteiger partial charge is 0.477 e. The number of hydrogen-bond acceptors (Lipinski definition) is 4. The predicted octanol–water partition coefficient (Wildman–Crippen LogP) is 3.93. The Kier molecular flexibility index (Phi) is 5.08. The summed E-state index contributed by atoms with van der Waals surface area (Å²) in [6.07, 6.45) is 0.958. The third kappa shape index (κ3) is 3.81. The van der Waals surface area contributed by atoms with E-state index < -0.39 is 27.6 Å². The Morgan fingerprint density at radius 1 is 1.13 bits per heavy atom. The molecule has 0 saturated heterocycles. The van der Waals surface area contributed by atoms with Crippen molar-refractivity contribution in [2.24, 2.45) is 0 Å². The molecule has 0 fully saturated rings. The van der Waals surface area contributed by atoms with Gasteiger partial charge in [-0.05, 0) is 47.3 Å². The van der Waals surface area contributed by atoms with Gasteiger partial charge in [0.15, 0.2) is 0 Å². The monoisotopic (exact) mass is 450 g/mol. The molecule has 2 N–H and O–H groups in total. The summed E-state index contributed by atoms with van der Waals surface area (Å²) in [5.74, 6) is -2.25. The second-order valence-electron chi connectivity index (χ2n) is 6.87. The van der Waals surface area contributed by atoms with Crippen LogP contribution in [0, 0.1) is 11.6 Å². The highest BCUT2D eigenvalue weighted by molar-refractivity contribution is 7.88. The van der Waals surface area contributed by atoms with Gasteiger partial charge >= 0.3 is 5.97 Å². The summed E-state index contributed by atoms with van der Waals surface area (Å²) < 4.78 is 55.4. The Balaban J connectivity index is 1.93. The molecule has 0 amide bonds. The van der Waals surface area contributed by atoms with Gasteiger partial charge < -0.3 is 9.67 Å². The highest BCUT2D eigenvalue weighted by Crippen LogP contribution is 2.32. The standard InChI is InChI=1S/C20H16F2N2O4S2/c1-30(27,28)23-8-16-15-7-12(21)2-4-17(15)24(19(16)20(25)26)9-11-10-29-18-5-3-13(22)6-14(11)18/h2-7,10,23H,8-9H2,1H3,(H,25,26). The molecule has 0 atom stereocenters. The molecule has 0 aliphatic carbocycles. The molecular formula is C20H16F2N2O4S2. The Hall–Kier alpha value is -2.82. The van der Waals surface area contributed by atoms with Gasteiger partial charge in [0, 0.05) is 39.6 Å². The van der Waals surface area contributed by atoms with E-state index in [9.17, 15) is 27.1 Å². The number of hydrogen-bond donors (Lipinski definition) is 2. The summed E-state index contributed by atoms with van der Waals surface area (Å²) in [7, 11) is -3.60. The molecule has 0 spiro atoms. The zero-order chi connectivity index (χ0) is 21.6. The van der Waals surface area contributed by atoms with E-state index in [1.165, 1.54) is 46.2 Å². The van der Waals surface area contributed by atoms with Gasteiger partial charge in [-0.25, -0.2) is 26.7 Å². The highest BCUT2D eigenvalue weighted by Gasteiger charge is 2.24. The van der Waals surface area contributed by atoms with E-state index in [0.717, 1.165) is 11.0 Å². The zero-order valence-corrected chi connectivity index (χ0v) is 17.3. The van der Waals surface area contributed by atoms with Gasteiger partial charge in [-0.15, -0.1) is 11.3 Å². The van der Waals surface area contributed by atoms with Crippen LogP contribution in [0.25, 0.3) is 21.0 Å². The van der Waals surface area contributed by atoms with E-state index in [4.69, 9.17) is 0 Å². The quantitative estimate of drug-likeness (QED) is 0.466. The highest BCUT2D eigenvalue weighted by atomic mass is 32.2. The number of benzene rings is 2. The van der Waals surface area contributed by atoms with Crippen LogP contribution in [0.2, 0.25) is 0 Å². The first-order valence-electron chi connectivity index (χ1n) is 8.78. The van der Waals surface area contributed by atoms with Crippen LogP contribution >= 0.6 is 11.3 Å². The van der Waals surface area contributed by atoms with Crippen LogP contribution in [0.15, 0.2) is 41.8 Å². The summed E-state index contributed by atoms with van der Waals surface area (Å²) in [6.45, 7) is -0.196. The lowest BCUT2D eigenvalue weighted by Crippen LogP contribution is -2.23. The van der Waals surface area contributed by atoms with Crippen LogP contribution in [0.4, 0.5) is 8.78 Å². The lowest BCUT2D eigenvalue weighted by atomic mass is 10.1. The molecule has 0 aliphatic heterocycles. The fraction of sp³-hybridized carbons (Fsp3) is 0.150. The number of aromatic carboxylic acids is 1. The Labute approximate surface area is 174 Å². The molecule has 2 heterocycles. The van der Waals surface area contributed by atoms with Gasteiger partial charge in [-0.3, -0.25) is 0 Å². The minimum Gasteiger partial charge on any atom is -0.477 e. The molecular weight excluding hydrogens is 434 g/mol. The number of carbonyl (C=O) groups is 1. The normalized spacial score (nSPS) is 12.1. The summed E-state index contributed by atoms with van der Waals surface area (Å²) in [4.78, 5) is 12.1. The number of nitrogens with one attached hydrogen (secondary N) is 1. The van der Waals surface area contributed by atoms with Crippen LogP contribution in [0.3, 0.4) is 0 Å². The fourth-order valence-corrected chi connectivity index (χ4v) is 4.87. The van der Waals surface area contributed by atoms with Gasteiger partial charge in [0.05, 0.1) is 6.26 Å². The van der Waals surface area contributed by atoms with Gasteiger partial charge in [0.1, 0.15) is 17.3 Å². The third-order valence-electron chi connectivity index (χ3n) is 4.79. The lowest BCUT2D eigenvalue weighted by Gasteiger charge is -2.09. The van der Waals surface area contributed by atoms with Crippen molar-refractivity contribution >= 4 is 48.3 Å². The summed E-state index contributed by atoms with van der Waals surface area (Å²) >= 11 is 1.41. The van der Waals surface area contributed by atoms with E-state index >= 15 is 0 Å². The fourth-order valence-electron chi connectivity index (χ4n) is 3.53. The number of carboxylic acids is 1. The van der Waals surface area contributed by atoms with E-state index in [1.807, 2.05) is 5.38 Å². The van der Waals surface area contributed by atoms with Crippen molar-refractivity contribution in [1.29, 1.82) is 0 Å². The molecule has 2 aromatic carbocycles. The molecule has 30 heavy (non-hydrogen) atoms. The topological polar surface area (TPSA) is 88.4 Å². The van der Waals surface area contributed by atoms with Gasteiger partial charge in [-0.1, -0.05) is 0 Å². The van der Waals surface area contributed by atoms with Crippen LogP contribution in [-0.4, -0.2) is 30.3 Å². The van der Waals surface area contributed by atoms with Crippen molar-refractivity contribution in [3.8, 4) is 0 Å². The van der Waals surface area contributed by atoms with Crippen molar-refractivity contribution in [3.63, 3.8) is 0 Å². The number of rotatable bonds is 6. The molecule has 0 radical (unpaired) electrons. The molecule has 2 aromatic heterocycles. The Bertz CT molecular complexity index is 1410. The average molecular weight is 450 g/mol. The number of halogens is 2. The first kappa shape index (κ1) is 20.5. The number of sulfonamides is 1. The number of thiophene rings is 1. The van der Waals surface area contributed by atoms with Crippen LogP contribution in [0.1, 0.15) is 21.6 Å². The van der Waals surface area contributed by atoms with E-state index in [0.29, 0.717) is 21.9 Å². The first-order valence-corrected chi connectivity index (χ1v) is 11.6. The first-order chi connectivity index (χ1) is 14.1. The molecule has 0 unspecified atom stereocenters. The van der Waals surface area contributed by atoms with E-state index in [2.05, 4.69) is 4.72 Å². The summed E-state index contributed by atoms with van der Waals surface area (Å²) in [6, 6.07) is 8.25. The molecule has 0 bridgehead atoms. The van der Waals surface area contributed by atoms with Crippen LogP contribution in [0.5, 0.6) is 0 Å². The van der Waals surface area contributed by atoms with Crippen molar-refractivity contribution in [3.05, 3.63) is 70.2 Å². The maximum atomic E-state index is 13.9. The Morgan fingerprint density at radius 3 is 2.47 bits per heavy atom. The van der Waals surface area contributed by atoms with Gasteiger partial charge in [0.25, 0.3) is 0 Å². The number of aromatic nitrogens is 1. The minimum absolute atomic E-state index is 0.103. The van der Waals surface area contributed by atoms with Crippen molar-refractivity contribution in [2.45, 2.75) is 13.1 Å². The molecule has 156 valence electrons. The molecule has 4 aromatic rings. The lowest BCUT2D eigenvalue weighted by molar-refractivity contribution is 0.0685. The molecule has 10 heteroatoms. The van der Waals surface area contributed by atoms with Crippen molar-refractivity contribution < 1.29 is 27.1 Å². The maximum absolute atomic E-state index is 13.9. The Morgan fingerprint density at radius 2 is 1.80 bits per heavy atom. The average Bonchev–Trinajstić information content (AvgIpc) is 3.18. The number of fused-ring (bicyclic) bond motifs is 2. The van der Waals surface area contributed by atoms with E-state index in [-0.39, 0.29) is 24.3 Å². The van der Waals surface area contributed by atoms with Crippen molar-refractivity contribution in [1.82, 2.24) is 9.29 Å². The smallest absolute Gasteiger partial charge is 0.352 e. The van der Waals surface area contributed by atoms with Gasteiger partial charge in [-0.2, -0.15) is 0 Å². The van der Waals surface area contributed by atoms with Crippen molar-refractivity contribution in [2.75, 3.05) is 6.26 Å². The minimum atomic E-state index is -3.60. The second kappa shape index (κ2) is 7.46. The molecule has 6 nitrogen and oxygen atoms in total. The van der Waals surface area contributed by atoms with E-state index in [1.54, 1.807) is 6.07 Å². The summed E-state index contributed by atoms with van der Waals surface area (Å²) in [5, 5.41) is 12.7. The van der Waals surface area contributed by atoms with Crippen LogP contribution in [-0.2, 0) is 23.1 Å². The number of carboxylic acid groups (broad SMARTS) is 1. The summed E-state index contributed by atoms with van der Waals surface area (Å²) in [5.41, 5.74) is 1.16. The molecule has 4 rings (SSSR count). The molecule has 0 saturated carbocycles. The second-order valence-corrected chi connectivity index (χ2v) is 9.62. The SMILES string of the molecule is CS(=O)(=O)NCc1c(C(=O)O)n(Cc2csc3ccc(F)cc23)c2ccc(F)cc12.